The number of hydrogen-bond donors (Lipinski definition) is 2. The van der Waals surface area contributed by atoms with Gasteiger partial charge in [-0.25, -0.2) is 4.39 Å². The Hall–Kier alpha value is -2.21. The van der Waals surface area contributed by atoms with E-state index in [2.05, 4.69) is 10.6 Å². The minimum absolute atomic E-state index is 0.0996. The molecule has 1 atom stereocenters. The number of carbonyl (C=O) groups excluding carboxylic acids is 2. The molecule has 0 aliphatic heterocycles. The standard InChI is InChI=1S/C16H17FN2O2S/c1-10(2)14(19-15(20)13-7-4-8-22-13)16(21)18-12-6-3-5-11(17)9-12/h3-10,14H,1-2H3,(H,18,21)(H,19,20)/t14-/m0/s1. The van der Waals surface area contributed by atoms with Crippen molar-refractivity contribution in [1.29, 1.82) is 0 Å². The summed E-state index contributed by atoms with van der Waals surface area (Å²) in [5, 5.41) is 7.14. The maximum absolute atomic E-state index is 13.2. The number of nitrogens with one attached hydrogen (secondary N) is 2. The molecule has 2 N–H and O–H groups in total. The number of carbonyl (C=O) groups is 2. The summed E-state index contributed by atoms with van der Waals surface area (Å²) in [4.78, 5) is 25.0. The molecule has 2 amide bonds. The van der Waals surface area contributed by atoms with E-state index >= 15 is 0 Å². The van der Waals surface area contributed by atoms with Crippen LogP contribution in [0.2, 0.25) is 0 Å². The second-order valence-corrected chi connectivity index (χ2v) is 6.12. The molecule has 0 saturated heterocycles. The van der Waals surface area contributed by atoms with E-state index in [1.54, 1.807) is 23.6 Å². The molecule has 0 aliphatic rings. The Bertz CT molecular complexity index is 656. The van der Waals surface area contributed by atoms with Crippen molar-refractivity contribution in [1.82, 2.24) is 5.32 Å². The van der Waals surface area contributed by atoms with Crippen LogP contribution in [0.25, 0.3) is 0 Å². The van der Waals surface area contributed by atoms with E-state index in [1.807, 2.05) is 13.8 Å². The molecule has 116 valence electrons. The van der Waals surface area contributed by atoms with Gasteiger partial charge in [-0.15, -0.1) is 11.3 Å². The molecule has 0 bridgehead atoms. The van der Waals surface area contributed by atoms with Crippen LogP contribution in [0.5, 0.6) is 0 Å². The fraction of sp³-hybridized carbons (Fsp3) is 0.250. The van der Waals surface area contributed by atoms with Crippen LogP contribution in [-0.2, 0) is 4.79 Å². The van der Waals surface area contributed by atoms with Crippen LogP contribution in [0.3, 0.4) is 0 Å². The molecular weight excluding hydrogens is 303 g/mol. The van der Waals surface area contributed by atoms with Gasteiger partial charge < -0.3 is 10.6 Å². The predicted octanol–water partition coefficient (Wildman–Crippen LogP) is 3.28. The van der Waals surface area contributed by atoms with Crippen LogP contribution in [0.4, 0.5) is 10.1 Å². The van der Waals surface area contributed by atoms with E-state index in [9.17, 15) is 14.0 Å². The third-order valence-electron chi connectivity index (χ3n) is 3.07. The zero-order valence-corrected chi connectivity index (χ0v) is 13.1. The summed E-state index contributed by atoms with van der Waals surface area (Å²) in [6.07, 6.45) is 0. The van der Waals surface area contributed by atoms with Gasteiger partial charge in [0.15, 0.2) is 0 Å². The number of benzene rings is 1. The van der Waals surface area contributed by atoms with Gasteiger partial charge in [0.2, 0.25) is 5.91 Å². The first-order valence-corrected chi connectivity index (χ1v) is 7.76. The molecule has 0 fully saturated rings. The zero-order chi connectivity index (χ0) is 16.1. The van der Waals surface area contributed by atoms with Crippen LogP contribution in [-0.4, -0.2) is 17.9 Å². The summed E-state index contributed by atoms with van der Waals surface area (Å²) < 4.78 is 13.2. The highest BCUT2D eigenvalue weighted by atomic mass is 32.1. The molecule has 22 heavy (non-hydrogen) atoms. The van der Waals surface area contributed by atoms with Gasteiger partial charge in [-0.2, -0.15) is 0 Å². The van der Waals surface area contributed by atoms with Gasteiger partial charge in [0.05, 0.1) is 4.88 Å². The molecule has 0 aliphatic carbocycles. The molecule has 4 nitrogen and oxygen atoms in total. The maximum Gasteiger partial charge on any atom is 0.262 e. The Morgan fingerprint density at radius 3 is 2.55 bits per heavy atom. The number of hydrogen-bond acceptors (Lipinski definition) is 3. The minimum Gasteiger partial charge on any atom is -0.339 e. The zero-order valence-electron chi connectivity index (χ0n) is 12.3. The van der Waals surface area contributed by atoms with Crippen LogP contribution in [0, 0.1) is 11.7 Å². The lowest BCUT2D eigenvalue weighted by molar-refractivity contribution is -0.118. The summed E-state index contributed by atoms with van der Waals surface area (Å²) in [7, 11) is 0. The number of rotatable bonds is 5. The fourth-order valence-corrected chi connectivity index (χ4v) is 2.57. The maximum atomic E-state index is 13.2. The van der Waals surface area contributed by atoms with Crippen molar-refractivity contribution in [2.24, 2.45) is 5.92 Å². The van der Waals surface area contributed by atoms with Crippen molar-refractivity contribution in [3.63, 3.8) is 0 Å². The third kappa shape index (κ3) is 4.14. The Morgan fingerprint density at radius 1 is 1.18 bits per heavy atom. The molecule has 0 unspecified atom stereocenters. The fourth-order valence-electron chi connectivity index (χ4n) is 1.94. The Balaban J connectivity index is 2.07. The highest BCUT2D eigenvalue weighted by Crippen LogP contribution is 2.13. The Kier molecular flexibility index (Phi) is 5.27. The lowest BCUT2D eigenvalue weighted by atomic mass is 10.0. The van der Waals surface area contributed by atoms with Crippen molar-refractivity contribution >= 4 is 28.8 Å². The molecule has 1 aromatic carbocycles. The van der Waals surface area contributed by atoms with Crippen LogP contribution in [0.15, 0.2) is 41.8 Å². The number of halogens is 1. The first-order valence-electron chi connectivity index (χ1n) is 6.88. The van der Waals surface area contributed by atoms with Gasteiger partial charge in [-0.1, -0.05) is 26.0 Å². The van der Waals surface area contributed by atoms with Crippen molar-refractivity contribution < 1.29 is 14.0 Å². The molecule has 1 aromatic heterocycles. The summed E-state index contributed by atoms with van der Waals surface area (Å²) in [5.74, 6) is -1.19. The summed E-state index contributed by atoms with van der Waals surface area (Å²) in [6, 6.07) is 8.42. The second kappa shape index (κ2) is 7.17. The summed E-state index contributed by atoms with van der Waals surface area (Å²) >= 11 is 1.31. The molecule has 0 radical (unpaired) electrons. The van der Waals surface area contributed by atoms with Crippen molar-refractivity contribution in [2.45, 2.75) is 19.9 Å². The van der Waals surface area contributed by atoms with E-state index < -0.39 is 11.9 Å². The number of thiophene rings is 1. The van der Waals surface area contributed by atoms with Crippen molar-refractivity contribution in [2.75, 3.05) is 5.32 Å². The highest BCUT2D eigenvalue weighted by Gasteiger charge is 2.25. The number of amides is 2. The number of anilines is 1. The smallest absolute Gasteiger partial charge is 0.262 e. The highest BCUT2D eigenvalue weighted by molar-refractivity contribution is 7.12. The van der Waals surface area contributed by atoms with Gasteiger partial charge in [0.25, 0.3) is 5.91 Å². The SMILES string of the molecule is CC(C)[C@H](NC(=O)c1cccs1)C(=O)Nc1cccc(F)c1. The van der Waals surface area contributed by atoms with Crippen molar-refractivity contribution in [3.8, 4) is 0 Å². The molecule has 1 heterocycles. The molecule has 0 saturated carbocycles. The minimum atomic E-state index is -0.696. The molecule has 2 aromatic rings. The van der Waals surface area contributed by atoms with E-state index in [-0.39, 0.29) is 17.7 Å². The Labute approximate surface area is 132 Å². The van der Waals surface area contributed by atoms with E-state index in [1.165, 1.54) is 29.5 Å². The topological polar surface area (TPSA) is 58.2 Å². The molecule has 2 rings (SSSR count). The molecular formula is C16H17FN2O2S. The second-order valence-electron chi connectivity index (χ2n) is 5.17. The summed E-state index contributed by atoms with van der Waals surface area (Å²) in [6.45, 7) is 3.68. The van der Waals surface area contributed by atoms with Crippen LogP contribution >= 0.6 is 11.3 Å². The molecule has 6 heteroatoms. The average Bonchev–Trinajstić information content (AvgIpc) is 2.98. The monoisotopic (exact) mass is 320 g/mol. The normalized spacial score (nSPS) is 12.0. The third-order valence-corrected chi connectivity index (χ3v) is 3.94. The predicted molar refractivity (Wildman–Crippen MR) is 85.4 cm³/mol. The van der Waals surface area contributed by atoms with E-state index in [4.69, 9.17) is 0 Å². The quantitative estimate of drug-likeness (QED) is 0.888. The average molecular weight is 320 g/mol. The molecule has 0 spiro atoms. The first-order chi connectivity index (χ1) is 10.5. The van der Waals surface area contributed by atoms with Crippen LogP contribution < -0.4 is 10.6 Å². The van der Waals surface area contributed by atoms with Crippen LogP contribution in [0.1, 0.15) is 23.5 Å². The van der Waals surface area contributed by atoms with Gasteiger partial charge in [-0.05, 0) is 35.6 Å². The van der Waals surface area contributed by atoms with Gasteiger partial charge in [-0.3, -0.25) is 9.59 Å². The van der Waals surface area contributed by atoms with Gasteiger partial charge in [0, 0.05) is 5.69 Å². The lowest BCUT2D eigenvalue weighted by Crippen LogP contribution is -2.46. The van der Waals surface area contributed by atoms with Crippen molar-refractivity contribution in [3.05, 3.63) is 52.5 Å². The van der Waals surface area contributed by atoms with E-state index in [0.29, 0.717) is 10.6 Å². The Morgan fingerprint density at radius 2 is 1.95 bits per heavy atom. The largest absolute Gasteiger partial charge is 0.339 e. The van der Waals surface area contributed by atoms with Gasteiger partial charge >= 0.3 is 0 Å². The lowest BCUT2D eigenvalue weighted by Gasteiger charge is -2.21. The summed E-state index contributed by atoms with van der Waals surface area (Å²) in [5.41, 5.74) is 0.362. The van der Waals surface area contributed by atoms with E-state index in [0.717, 1.165) is 0 Å². The first kappa shape index (κ1) is 16.2. The van der Waals surface area contributed by atoms with Gasteiger partial charge in [0.1, 0.15) is 11.9 Å².